The zero-order chi connectivity index (χ0) is 15.5. The van der Waals surface area contributed by atoms with Crippen molar-refractivity contribution >= 4 is 16.7 Å². The number of aromatic nitrogens is 3. The van der Waals surface area contributed by atoms with E-state index in [1.807, 2.05) is 24.3 Å². The lowest BCUT2D eigenvalue weighted by molar-refractivity contribution is 0.230. The van der Waals surface area contributed by atoms with Crippen molar-refractivity contribution < 1.29 is 9.84 Å². The molecule has 1 aromatic heterocycles. The minimum absolute atomic E-state index is 0.430. The molecule has 1 heterocycles. The van der Waals surface area contributed by atoms with Crippen LogP contribution in [-0.4, -0.2) is 27.2 Å². The Kier molecular flexibility index (Phi) is 3.74. The number of methoxy groups -OCH3 is 1. The fraction of sp³-hybridized carbons (Fsp3) is 0.118. The Bertz CT molecular complexity index is 846. The van der Waals surface area contributed by atoms with Crippen LogP contribution in [0.25, 0.3) is 16.7 Å². The van der Waals surface area contributed by atoms with Crippen molar-refractivity contribution in [1.29, 1.82) is 0 Å². The summed E-state index contributed by atoms with van der Waals surface area (Å²) in [7, 11) is 1.60. The molecule has 22 heavy (non-hydrogen) atoms. The Balaban J connectivity index is 2.01. The molecular formula is C17H15N3O2. The van der Waals surface area contributed by atoms with Gasteiger partial charge in [0.15, 0.2) is 0 Å². The molecule has 0 saturated carbocycles. The van der Waals surface area contributed by atoms with Crippen molar-refractivity contribution in [1.82, 2.24) is 15.0 Å². The maximum absolute atomic E-state index is 10.6. The SMILES string of the molecule is C=C=C(C(O)c1ccc(OC)cc1)n1nnc2ccccc21. The standard InChI is InChI=1S/C17H15N3O2/c1-3-15(17(21)12-8-10-13(22-2)11-9-12)20-16-7-5-4-6-14(16)18-19-20/h4-11,17,21H,1H2,2H3. The van der Waals surface area contributed by atoms with Crippen LogP contribution in [0.15, 0.2) is 60.8 Å². The monoisotopic (exact) mass is 293 g/mol. The number of rotatable bonds is 4. The Morgan fingerprint density at radius 3 is 2.64 bits per heavy atom. The van der Waals surface area contributed by atoms with Gasteiger partial charge in [0.25, 0.3) is 0 Å². The van der Waals surface area contributed by atoms with E-state index in [1.54, 1.807) is 36.1 Å². The first-order chi connectivity index (χ1) is 10.7. The van der Waals surface area contributed by atoms with Crippen LogP contribution in [0, 0.1) is 0 Å². The number of hydrogen-bond acceptors (Lipinski definition) is 4. The summed E-state index contributed by atoms with van der Waals surface area (Å²) < 4.78 is 6.67. The Labute approximate surface area is 127 Å². The van der Waals surface area contributed by atoms with Crippen molar-refractivity contribution in [2.75, 3.05) is 7.11 Å². The van der Waals surface area contributed by atoms with Crippen LogP contribution in [0.3, 0.4) is 0 Å². The molecule has 0 aliphatic rings. The number of aliphatic hydroxyl groups excluding tert-OH is 1. The zero-order valence-electron chi connectivity index (χ0n) is 12.1. The van der Waals surface area contributed by atoms with Crippen LogP contribution in [0.2, 0.25) is 0 Å². The number of nitrogens with zero attached hydrogens (tertiary/aromatic N) is 3. The smallest absolute Gasteiger partial charge is 0.129 e. The molecule has 110 valence electrons. The fourth-order valence-electron chi connectivity index (χ4n) is 2.28. The minimum atomic E-state index is -0.909. The quantitative estimate of drug-likeness (QED) is 0.751. The van der Waals surface area contributed by atoms with Gasteiger partial charge in [-0.25, -0.2) is 4.68 Å². The molecule has 0 bridgehead atoms. The van der Waals surface area contributed by atoms with E-state index in [0.717, 1.165) is 16.8 Å². The largest absolute Gasteiger partial charge is 0.497 e. The summed E-state index contributed by atoms with van der Waals surface area (Å²) in [6, 6.07) is 14.7. The molecule has 0 fully saturated rings. The number of ether oxygens (including phenoxy) is 1. The summed E-state index contributed by atoms with van der Waals surface area (Å²) in [5, 5.41) is 18.8. The highest BCUT2D eigenvalue weighted by Gasteiger charge is 2.18. The van der Waals surface area contributed by atoms with Crippen LogP contribution in [0.5, 0.6) is 5.75 Å². The van der Waals surface area contributed by atoms with Gasteiger partial charge in [-0.2, -0.15) is 0 Å². The molecule has 1 atom stereocenters. The van der Waals surface area contributed by atoms with E-state index in [1.165, 1.54) is 0 Å². The minimum Gasteiger partial charge on any atom is -0.497 e. The van der Waals surface area contributed by atoms with Crippen molar-refractivity contribution in [3.63, 3.8) is 0 Å². The lowest BCUT2D eigenvalue weighted by atomic mass is 10.1. The van der Waals surface area contributed by atoms with Gasteiger partial charge in [-0.1, -0.05) is 36.1 Å². The summed E-state index contributed by atoms with van der Waals surface area (Å²) in [4.78, 5) is 0. The molecule has 5 heteroatoms. The lowest BCUT2D eigenvalue weighted by Gasteiger charge is -2.14. The van der Waals surface area contributed by atoms with Gasteiger partial charge in [-0.05, 0) is 29.8 Å². The highest BCUT2D eigenvalue weighted by molar-refractivity contribution is 5.78. The van der Waals surface area contributed by atoms with E-state index in [4.69, 9.17) is 4.74 Å². The number of hydrogen-bond donors (Lipinski definition) is 1. The topological polar surface area (TPSA) is 60.2 Å². The summed E-state index contributed by atoms with van der Waals surface area (Å²) in [5.74, 6) is 0.728. The van der Waals surface area contributed by atoms with Crippen LogP contribution in [-0.2, 0) is 0 Å². The third-order valence-electron chi connectivity index (χ3n) is 3.45. The highest BCUT2D eigenvalue weighted by atomic mass is 16.5. The van der Waals surface area contributed by atoms with E-state index in [0.29, 0.717) is 11.3 Å². The molecule has 3 rings (SSSR count). The number of aliphatic hydroxyl groups is 1. The number of fused-ring (bicyclic) bond motifs is 1. The molecule has 0 saturated heterocycles. The fourth-order valence-corrected chi connectivity index (χ4v) is 2.28. The van der Waals surface area contributed by atoms with Crippen LogP contribution < -0.4 is 4.74 Å². The van der Waals surface area contributed by atoms with Gasteiger partial charge in [0.05, 0.1) is 12.6 Å². The Morgan fingerprint density at radius 2 is 1.95 bits per heavy atom. The van der Waals surface area contributed by atoms with Crippen LogP contribution in [0.4, 0.5) is 0 Å². The molecule has 2 aromatic carbocycles. The first-order valence-electron chi connectivity index (χ1n) is 6.77. The van der Waals surface area contributed by atoms with Gasteiger partial charge >= 0.3 is 0 Å². The van der Waals surface area contributed by atoms with Crippen molar-refractivity contribution in [3.05, 3.63) is 66.4 Å². The molecule has 1 unspecified atom stereocenters. The van der Waals surface area contributed by atoms with Gasteiger partial charge in [-0.3, -0.25) is 0 Å². The van der Waals surface area contributed by atoms with E-state index in [9.17, 15) is 5.11 Å². The van der Waals surface area contributed by atoms with Gasteiger partial charge in [-0.15, -0.1) is 10.8 Å². The van der Waals surface area contributed by atoms with Crippen molar-refractivity contribution in [3.8, 4) is 5.75 Å². The van der Waals surface area contributed by atoms with Gasteiger partial charge in [0.1, 0.15) is 23.1 Å². The summed E-state index contributed by atoms with van der Waals surface area (Å²) in [6.45, 7) is 3.67. The van der Waals surface area contributed by atoms with E-state index < -0.39 is 6.10 Å². The number of para-hydroxylation sites is 1. The average Bonchev–Trinajstić information content (AvgIpc) is 3.00. The van der Waals surface area contributed by atoms with Crippen LogP contribution >= 0.6 is 0 Å². The molecule has 0 aliphatic heterocycles. The second-order valence-electron chi connectivity index (χ2n) is 4.73. The first kappa shape index (κ1) is 14.1. The third kappa shape index (κ3) is 2.39. The third-order valence-corrected chi connectivity index (χ3v) is 3.45. The molecular weight excluding hydrogens is 278 g/mol. The summed E-state index contributed by atoms with van der Waals surface area (Å²) in [6.07, 6.45) is -0.909. The lowest BCUT2D eigenvalue weighted by Crippen LogP contribution is -2.08. The van der Waals surface area contributed by atoms with Crippen molar-refractivity contribution in [2.45, 2.75) is 6.10 Å². The predicted octanol–water partition coefficient (Wildman–Crippen LogP) is 2.80. The zero-order valence-corrected chi connectivity index (χ0v) is 12.1. The Hall–Kier alpha value is -2.88. The predicted molar refractivity (Wildman–Crippen MR) is 84.3 cm³/mol. The van der Waals surface area contributed by atoms with E-state index in [2.05, 4.69) is 22.6 Å². The molecule has 5 nitrogen and oxygen atoms in total. The molecule has 0 radical (unpaired) electrons. The maximum Gasteiger partial charge on any atom is 0.129 e. The molecule has 1 N–H and O–H groups in total. The van der Waals surface area contributed by atoms with Crippen molar-refractivity contribution in [2.24, 2.45) is 0 Å². The second-order valence-corrected chi connectivity index (χ2v) is 4.73. The summed E-state index contributed by atoms with van der Waals surface area (Å²) >= 11 is 0. The average molecular weight is 293 g/mol. The second kappa shape index (κ2) is 5.85. The van der Waals surface area contributed by atoms with Crippen LogP contribution in [0.1, 0.15) is 11.7 Å². The van der Waals surface area contributed by atoms with E-state index in [-0.39, 0.29) is 0 Å². The van der Waals surface area contributed by atoms with Gasteiger partial charge in [0.2, 0.25) is 0 Å². The molecule has 0 aliphatic carbocycles. The molecule has 3 aromatic rings. The maximum atomic E-state index is 10.6. The van der Waals surface area contributed by atoms with E-state index >= 15 is 0 Å². The molecule has 0 spiro atoms. The highest BCUT2D eigenvalue weighted by Crippen LogP contribution is 2.27. The number of benzene rings is 2. The summed E-state index contributed by atoms with van der Waals surface area (Å²) in [5.41, 5.74) is 5.44. The Morgan fingerprint density at radius 1 is 1.23 bits per heavy atom. The normalized spacial score (nSPS) is 11.9. The molecule has 0 amide bonds. The van der Waals surface area contributed by atoms with Gasteiger partial charge < -0.3 is 9.84 Å². The van der Waals surface area contributed by atoms with Gasteiger partial charge in [0, 0.05) is 0 Å². The first-order valence-corrected chi connectivity index (χ1v) is 6.77.